The summed E-state index contributed by atoms with van der Waals surface area (Å²) < 4.78 is 50.1. The molecule has 2 N–H and O–H groups in total. The number of urea groups is 1. The third kappa shape index (κ3) is 5.99. The number of rotatable bonds is 3. The summed E-state index contributed by atoms with van der Waals surface area (Å²) in [7, 11) is 0. The van der Waals surface area contributed by atoms with Gasteiger partial charge in [0.2, 0.25) is 0 Å². The van der Waals surface area contributed by atoms with Gasteiger partial charge in [0.05, 0.1) is 0 Å². The van der Waals surface area contributed by atoms with Crippen LogP contribution in [0.4, 0.5) is 33.7 Å². The number of thioether (sulfide) groups is 1. The molecule has 0 spiro atoms. The van der Waals surface area contributed by atoms with Crippen LogP contribution in [0.2, 0.25) is 5.02 Å². The second-order valence-corrected chi connectivity index (χ2v) is 5.89. The molecule has 0 atom stereocenters. The normalized spacial score (nSPS) is 11.2. The van der Waals surface area contributed by atoms with Crippen molar-refractivity contribution in [3.63, 3.8) is 0 Å². The number of nitrogens with one attached hydrogen (secondary N) is 2. The maximum Gasteiger partial charge on any atom is 0.446 e. The monoisotopic (exact) mass is 364 g/mol. The number of amides is 2. The summed E-state index contributed by atoms with van der Waals surface area (Å²) in [4.78, 5) is 11.7. The lowest BCUT2D eigenvalue weighted by Gasteiger charge is -2.10. The van der Waals surface area contributed by atoms with Crippen molar-refractivity contribution in [2.75, 3.05) is 10.6 Å². The lowest BCUT2D eigenvalue weighted by atomic mass is 10.3. The highest BCUT2D eigenvalue weighted by Crippen LogP contribution is 2.37. The Kier molecular flexibility index (Phi) is 5.38. The van der Waals surface area contributed by atoms with E-state index >= 15 is 0 Å². The first kappa shape index (κ1) is 17.4. The Morgan fingerprint density at radius 3 is 2.39 bits per heavy atom. The number of carbonyl (C=O) groups excluding carboxylic acids is 1. The molecule has 2 aromatic carbocycles. The van der Waals surface area contributed by atoms with Gasteiger partial charge in [0.1, 0.15) is 5.82 Å². The summed E-state index contributed by atoms with van der Waals surface area (Å²) in [5.41, 5.74) is -4.13. The Morgan fingerprint density at radius 2 is 1.74 bits per heavy atom. The zero-order chi connectivity index (χ0) is 17.0. The average Bonchev–Trinajstić information content (AvgIpc) is 2.35. The zero-order valence-corrected chi connectivity index (χ0v) is 12.8. The van der Waals surface area contributed by atoms with Gasteiger partial charge in [-0.25, -0.2) is 9.18 Å². The van der Waals surface area contributed by atoms with Crippen molar-refractivity contribution in [1.82, 2.24) is 0 Å². The van der Waals surface area contributed by atoms with Gasteiger partial charge in [-0.2, -0.15) is 13.2 Å². The van der Waals surface area contributed by atoms with E-state index in [1.165, 1.54) is 30.3 Å². The first-order chi connectivity index (χ1) is 10.7. The van der Waals surface area contributed by atoms with Crippen LogP contribution in [0.3, 0.4) is 0 Å². The van der Waals surface area contributed by atoms with E-state index in [0.29, 0.717) is 0 Å². The molecular formula is C14H9ClF4N2OS. The number of hydrogen-bond acceptors (Lipinski definition) is 2. The van der Waals surface area contributed by atoms with Gasteiger partial charge in [-0.15, -0.1) is 0 Å². The molecule has 0 aliphatic rings. The summed E-state index contributed by atoms with van der Waals surface area (Å²) in [6.45, 7) is 0. The molecule has 9 heteroatoms. The molecule has 0 fully saturated rings. The second-order valence-electron chi connectivity index (χ2n) is 4.31. The highest BCUT2D eigenvalue weighted by atomic mass is 35.5. The fraction of sp³-hybridized carbons (Fsp3) is 0.0714. The van der Waals surface area contributed by atoms with Gasteiger partial charge >= 0.3 is 11.5 Å². The summed E-state index contributed by atoms with van der Waals surface area (Å²) in [5, 5.41) is 4.80. The topological polar surface area (TPSA) is 41.1 Å². The molecule has 23 heavy (non-hydrogen) atoms. The number of hydrogen-bond donors (Lipinski definition) is 2. The van der Waals surface area contributed by atoms with E-state index < -0.39 is 17.4 Å². The SMILES string of the molecule is O=C(Nc1cc(F)cc(Cl)c1)Nc1cccc(SC(F)(F)F)c1. The van der Waals surface area contributed by atoms with Crippen LogP contribution >= 0.6 is 23.4 Å². The van der Waals surface area contributed by atoms with Gasteiger partial charge in [-0.3, -0.25) is 0 Å². The number of alkyl halides is 3. The molecular weight excluding hydrogens is 356 g/mol. The molecule has 2 amide bonds. The van der Waals surface area contributed by atoms with E-state index in [0.717, 1.165) is 12.1 Å². The Labute approximate surface area is 138 Å². The van der Waals surface area contributed by atoms with Gasteiger partial charge in [0.25, 0.3) is 0 Å². The van der Waals surface area contributed by atoms with Gasteiger partial charge in [0, 0.05) is 21.3 Å². The number of anilines is 2. The molecule has 0 saturated carbocycles. The number of benzene rings is 2. The van der Waals surface area contributed by atoms with Crippen molar-refractivity contribution < 1.29 is 22.4 Å². The van der Waals surface area contributed by atoms with Crippen LogP contribution in [0.5, 0.6) is 0 Å². The van der Waals surface area contributed by atoms with E-state index in [9.17, 15) is 22.4 Å². The van der Waals surface area contributed by atoms with Crippen molar-refractivity contribution in [2.24, 2.45) is 0 Å². The largest absolute Gasteiger partial charge is 0.446 e. The molecule has 0 unspecified atom stereocenters. The third-order valence-corrected chi connectivity index (χ3v) is 3.39. The fourth-order valence-corrected chi connectivity index (χ4v) is 2.51. The van der Waals surface area contributed by atoms with Crippen molar-refractivity contribution in [3.8, 4) is 0 Å². The molecule has 0 aromatic heterocycles. The van der Waals surface area contributed by atoms with Crippen LogP contribution in [0.25, 0.3) is 0 Å². The quantitative estimate of drug-likeness (QED) is 0.539. The molecule has 2 rings (SSSR count). The first-order valence-electron chi connectivity index (χ1n) is 6.11. The van der Waals surface area contributed by atoms with Crippen LogP contribution in [-0.4, -0.2) is 11.5 Å². The summed E-state index contributed by atoms with van der Waals surface area (Å²) >= 11 is 5.37. The van der Waals surface area contributed by atoms with Crippen LogP contribution in [0.15, 0.2) is 47.4 Å². The average molecular weight is 365 g/mol. The number of carbonyl (C=O) groups is 1. The van der Waals surface area contributed by atoms with E-state index in [1.807, 2.05) is 0 Å². The van der Waals surface area contributed by atoms with Gasteiger partial charge in [0.15, 0.2) is 0 Å². The molecule has 122 valence electrons. The Balaban J connectivity index is 2.04. The molecule has 0 saturated heterocycles. The Hall–Kier alpha value is -1.93. The Morgan fingerprint density at radius 1 is 1.04 bits per heavy atom. The molecule has 0 aliphatic heterocycles. The van der Waals surface area contributed by atoms with E-state index in [2.05, 4.69) is 10.6 Å². The molecule has 0 bridgehead atoms. The molecule has 2 aromatic rings. The van der Waals surface area contributed by atoms with Gasteiger partial charge in [-0.1, -0.05) is 17.7 Å². The fourth-order valence-electron chi connectivity index (χ4n) is 1.69. The highest BCUT2D eigenvalue weighted by Gasteiger charge is 2.29. The molecule has 0 radical (unpaired) electrons. The summed E-state index contributed by atoms with van der Waals surface area (Å²) in [6, 6.07) is 7.98. The first-order valence-corrected chi connectivity index (χ1v) is 7.31. The molecule has 3 nitrogen and oxygen atoms in total. The number of halogens is 5. The minimum Gasteiger partial charge on any atom is -0.308 e. The van der Waals surface area contributed by atoms with Crippen molar-refractivity contribution in [2.45, 2.75) is 10.4 Å². The molecule has 0 heterocycles. The summed E-state index contributed by atoms with van der Waals surface area (Å²) in [6.07, 6.45) is 0. The lowest BCUT2D eigenvalue weighted by Crippen LogP contribution is -2.19. The van der Waals surface area contributed by atoms with Crippen molar-refractivity contribution >= 4 is 40.8 Å². The second kappa shape index (κ2) is 7.10. The van der Waals surface area contributed by atoms with E-state index in [4.69, 9.17) is 11.6 Å². The van der Waals surface area contributed by atoms with Crippen molar-refractivity contribution in [3.05, 3.63) is 53.3 Å². The molecule has 0 aliphatic carbocycles. The van der Waals surface area contributed by atoms with Gasteiger partial charge < -0.3 is 10.6 Å². The summed E-state index contributed by atoms with van der Waals surface area (Å²) in [5.74, 6) is -0.628. The van der Waals surface area contributed by atoms with Crippen LogP contribution in [-0.2, 0) is 0 Å². The maximum atomic E-state index is 13.2. The minimum atomic E-state index is -4.42. The predicted octanol–water partition coefficient (Wildman–Crippen LogP) is 5.74. The highest BCUT2D eigenvalue weighted by molar-refractivity contribution is 8.00. The van der Waals surface area contributed by atoms with E-state index in [1.54, 1.807) is 0 Å². The standard InChI is InChI=1S/C14H9ClF4N2OS/c15-8-4-9(16)6-11(5-8)21-13(22)20-10-2-1-3-12(7-10)23-14(17,18)19/h1-7H,(H2,20,21,22). The maximum absolute atomic E-state index is 13.2. The third-order valence-electron chi connectivity index (χ3n) is 2.45. The predicted molar refractivity (Wildman–Crippen MR) is 82.4 cm³/mol. The van der Waals surface area contributed by atoms with Crippen LogP contribution in [0, 0.1) is 5.82 Å². The van der Waals surface area contributed by atoms with Crippen LogP contribution < -0.4 is 10.6 Å². The van der Waals surface area contributed by atoms with Crippen molar-refractivity contribution in [1.29, 1.82) is 0 Å². The van der Waals surface area contributed by atoms with E-state index in [-0.39, 0.29) is 33.1 Å². The smallest absolute Gasteiger partial charge is 0.308 e. The lowest BCUT2D eigenvalue weighted by molar-refractivity contribution is -0.0328. The Bertz CT molecular complexity index is 704. The van der Waals surface area contributed by atoms with Crippen LogP contribution in [0.1, 0.15) is 0 Å². The zero-order valence-electron chi connectivity index (χ0n) is 11.2. The minimum absolute atomic E-state index is 0.0656. The van der Waals surface area contributed by atoms with Gasteiger partial charge in [-0.05, 0) is 48.2 Å².